The van der Waals surface area contributed by atoms with Crippen LogP contribution in [0.25, 0.3) is 0 Å². The molecule has 0 spiro atoms. The van der Waals surface area contributed by atoms with Crippen molar-refractivity contribution in [3.8, 4) is 0 Å². The fourth-order valence-electron chi connectivity index (χ4n) is 1.62. The Morgan fingerprint density at radius 1 is 1.60 bits per heavy atom. The second-order valence-corrected chi connectivity index (χ2v) is 4.12. The van der Waals surface area contributed by atoms with E-state index in [1.807, 2.05) is 6.92 Å². The van der Waals surface area contributed by atoms with Crippen molar-refractivity contribution in [2.45, 2.75) is 38.1 Å². The van der Waals surface area contributed by atoms with Crippen molar-refractivity contribution >= 4 is 0 Å². The number of nitrogens with zero attached hydrogens (tertiary/aromatic N) is 2. The Kier molecular flexibility index (Phi) is 3.33. The summed E-state index contributed by atoms with van der Waals surface area (Å²) < 4.78 is 10.4. The molecule has 0 aliphatic carbocycles. The van der Waals surface area contributed by atoms with Gasteiger partial charge in [0.15, 0.2) is 5.82 Å². The van der Waals surface area contributed by atoms with Gasteiger partial charge in [0.2, 0.25) is 5.89 Å². The molecule has 5 heteroatoms. The Labute approximate surface area is 89.0 Å². The SMILES string of the molecule is CC(N)CCc1nc(C2CCOC2)no1. The van der Waals surface area contributed by atoms with Gasteiger partial charge in [-0.1, -0.05) is 5.16 Å². The molecule has 15 heavy (non-hydrogen) atoms. The lowest BCUT2D eigenvalue weighted by Gasteiger charge is -2.00. The highest BCUT2D eigenvalue weighted by atomic mass is 16.5. The predicted octanol–water partition coefficient (Wildman–Crippen LogP) is 0.853. The molecule has 0 saturated carbocycles. The average Bonchev–Trinajstić information content (AvgIpc) is 2.85. The molecule has 1 aromatic heterocycles. The molecule has 1 saturated heterocycles. The third-order valence-corrected chi connectivity index (χ3v) is 2.59. The number of nitrogens with two attached hydrogens (primary N) is 1. The molecule has 2 atom stereocenters. The van der Waals surface area contributed by atoms with Gasteiger partial charge in [-0.05, 0) is 19.8 Å². The molecule has 5 nitrogen and oxygen atoms in total. The van der Waals surface area contributed by atoms with Crippen molar-refractivity contribution in [3.63, 3.8) is 0 Å². The van der Waals surface area contributed by atoms with Gasteiger partial charge in [-0.3, -0.25) is 0 Å². The third-order valence-electron chi connectivity index (χ3n) is 2.59. The zero-order valence-electron chi connectivity index (χ0n) is 8.98. The molecule has 2 unspecified atom stereocenters. The quantitative estimate of drug-likeness (QED) is 0.799. The number of hydrogen-bond acceptors (Lipinski definition) is 5. The molecular weight excluding hydrogens is 194 g/mol. The Balaban J connectivity index is 1.91. The van der Waals surface area contributed by atoms with Crippen LogP contribution in [0.5, 0.6) is 0 Å². The van der Waals surface area contributed by atoms with Gasteiger partial charge in [0.1, 0.15) is 0 Å². The Hall–Kier alpha value is -0.940. The summed E-state index contributed by atoms with van der Waals surface area (Å²) in [6.07, 6.45) is 2.63. The van der Waals surface area contributed by atoms with Crippen LogP contribution < -0.4 is 5.73 Å². The molecule has 1 fully saturated rings. The summed E-state index contributed by atoms with van der Waals surface area (Å²) in [5, 5.41) is 3.97. The van der Waals surface area contributed by atoms with Crippen LogP contribution in [-0.4, -0.2) is 29.4 Å². The Morgan fingerprint density at radius 2 is 2.47 bits per heavy atom. The monoisotopic (exact) mass is 211 g/mol. The van der Waals surface area contributed by atoms with E-state index in [2.05, 4.69) is 10.1 Å². The highest BCUT2D eigenvalue weighted by Crippen LogP contribution is 2.22. The second kappa shape index (κ2) is 4.72. The molecule has 0 bridgehead atoms. The number of aromatic nitrogens is 2. The van der Waals surface area contributed by atoms with Gasteiger partial charge in [-0.15, -0.1) is 0 Å². The van der Waals surface area contributed by atoms with Crippen molar-refractivity contribution < 1.29 is 9.26 Å². The first-order valence-electron chi connectivity index (χ1n) is 5.41. The predicted molar refractivity (Wildman–Crippen MR) is 54.4 cm³/mol. The first-order chi connectivity index (χ1) is 7.25. The van der Waals surface area contributed by atoms with Gasteiger partial charge in [-0.25, -0.2) is 0 Å². The summed E-state index contributed by atoms with van der Waals surface area (Å²) in [7, 11) is 0. The minimum Gasteiger partial charge on any atom is -0.381 e. The van der Waals surface area contributed by atoms with Crippen molar-refractivity contribution in [2.75, 3.05) is 13.2 Å². The van der Waals surface area contributed by atoms with Crippen LogP contribution in [0.4, 0.5) is 0 Å². The molecule has 1 aliphatic rings. The minimum atomic E-state index is 0.176. The van der Waals surface area contributed by atoms with Crippen LogP contribution in [-0.2, 0) is 11.2 Å². The largest absolute Gasteiger partial charge is 0.381 e. The third kappa shape index (κ3) is 2.76. The first-order valence-corrected chi connectivity index (χ1v) is 5.41. The van der Waals surface area contributed by atoms with Crippen LogP contribution in [0.3, 0.4) is 0 Å². The van der Waals surface area contributed by atoms with E-state index in [-0.39, 0.29) is 6.04 Å². The van der Waals surface area contributed by atoms with Gasteiger partial charge in [0.05, 0.1) is 6.61 Å². The van der Waals surface area contributed by atoms with Crippen LogP contribution in [0.2, 0.25) is 0 Å². The van der Waals surface area contributed by atoms with Crippen LogP contribution in [0, 0.1) is 0 Å². The number of aryl methyl sites for hydroxylation is 1. The van der Waals surface area contributed by atoms with E-state index in [0.29, 0.717) is 18.4 Å². The lowest BCUT2D eigenvalue weighted by molar-refractivity contribution is 0.192. The van der Waals surface area contributed by atoms with Crippen molar-refractivity contribution in [3.05, 3.63) is 11.7 Å². The van der Waals surface area contributed by atoms with Crippen LogP contribution >= 0.6 is 0 Å². The lowest BCUT2D eigenvalue weighted by Crippen LogP contribution is -2.15. The standard InChI is InChI=1S/C10H17N3O2/c1-7(11)2-3-9-12-10(13-15-9)8-4-5-14-6-8/h7-8H,2-6,11H2,1H3. The van der Waals surface area contributed by atoms with E-state index in [9.17, 15) is 0 Å². The van der Waals surface area contributed by atoms with Gasteiger partial charge < -0.3 is 15.0 Å². The smallest absolute Gasteiger partial charge is 0.226 e. The van der Waals surface area contributed by atoms with Gasteiger partial charge in [0, 0.05) is 25.0 Å². The first kappa shape index (κ1) is 10.6. The maximum Gasteiger partial charge on any atom is 0.226 e. The normalized spacial score (nSPS) is 23.2. The molecule has 1 aromatic rings. The van der Waals surface area contributed by atoms with Crippen molar-refractivity contribution in [2.24, 2.45) is 5.73 Å². The molecule has 2 heterocycles. The molecule has 0 aromatic carbocycles. The van der Waals surface area contributed by atoms with Crippen molar-refractivity contribution in [1.29, 1.82) is 0 Å². The molecule has 2 N–H and O–H groups in total. The number of ether oxygens (including phenoxy) is 1. The van der Waals surface area contributed by atoms with Gasteiger partial charge in [0.25, 0.3) is 0 Å². The lowest BCUT2D eigenvalue weighted by atomic mass is 10.1. The van der Waals surface area contributed by atoms with E-state index < -0.39 is 0 Å². The molecule has 1 aliphatic heterocycles. The summed E-state index contributed by atoms with van der Waals surface area (Å²) in [6, 6.07) is 0.176. The zero-order chi connectivity index (χ0) is 10.7. The Morgan fingerprint density at radius 3 is 3.13 bits per heavy atom. The molecular formula is C10H17N3O2. The van der Waals surface area contributed by atoms with E-state index in [4.69, 9.17) is 15.0 Å². The molecule has 0 amide bonds. The average molecular weight is 211 g/mol. The summed E-state index contributed by atoms with van der Waals surface area (Å²) in [4.78, 5) is 4.35. The summed E-state index contributed by atoms with van der Waals surface area (Å²) in [5.41, 5.74) is 5.66. The second-order valence-electron chi connectivity index (χ2n) is 4.12. The topological polar surface area (TPSA) is 74.2 Å². The van der Waals surface area contributed by atoms with Gasteiger partial charge >= 0.3 is 0 Å². The summed E-state index contributed by atoms with van der Waals surface area (Å²) in [5.74, 6) is 1.79. The summed E-state index contributed by atoms with van der Waals surface area (Å²) >= 11 is 0. The highest BCUT2D eigenvalue weighted by molar-refractivity contribution is 4.97. The zero-order valence-corrected chi connectivity index (χ0v) is 8.98. The highest BCUT2D eigenvalue weighted by Gasteiger charge is 2.22. The minimum absolute atomic E-state index is 0.176. The van der Waals surface area contributed by atoms with E-state index >= 15 is 0 Å². The van der Waals surface area contributed by atoms with E-state index in [1.54, 1.807) is 0 Å². The maximum absolute atomic E-state index is 5.66. The number of rotatable bonds is 4. The van der Waals surface area contributed by atoms with Crippen LogP contribution in [0.15, 0.2) is 4.52 Å². The fraction of sp³-hybridized carbons (Fsp3) is 0.800. The number of hydrogen-bond donors (Lipinski definition) is 1. The fourth-order valence-corrected chi connectivity index (χ4v) is 1.62. The van der Waals surface area contributed by atoms with Gasteiger partial charge in [-0.2, -0.15) is 4.98 Å². The molecule has 0 radical (unpaired) electrons. The summed E-state index contributed by atoms with van der Waals surface area (Å²) in [6.45, 7) is 3.49. The Bertz CT molecular complexity index is 305. The molecule has 2 rings (SSSR count). The van der Waals surface area contributed by atoms with E-state index in [0.717, 1.165) is 31.7 Å². The maximum atomic E-state index is 5.66. The van der Waals surface area contributed by atoms with E-state index in [1.165, 1.54) is 0 Å². The van der Waals surface area contributed by atoms with Crippen LogP contribution in [0.1, 0.15) is 37.4 Å². The van der Waals surface area contributed by atoms with Crippen molar-refractivity contribution in [1.82, 2.24) is 10.1 Å². The molecule has 84 valence electrons.